The highest BCUT2D eigenvalue weighted by Gasteiger charge is 2.33. The summed E-state index contributed by atoms with van der Waals surface area (Å²) in [6.45, 7) is -0.108. The van der Waals surface area contributed by atoms with Crippen molar-refractivity contribution in [3.8, 4) is 11.5 Å². The van der Waals surface area contributed by atoms with Crippen LogP contribution >= 0.6 is 0 Å². The molecular formula is C15H9F3N4O6. The summed E-state index contributed by atoms with van der Waals surface area (Å²) >= 11 is 0. The molecule has 13 heteroatoms. The van der Waals surface area contributed by atoms with Gasteiger partial charge in [0.1, 0.15) is 5.69 Å². The van der Waals surface area contributed by atoms with Crippen LogP contribution < -0.4 is 14.9 Å². The Kier molecular flexibility index (Phi) is 4.73. The normalized spacial score (nSPS) is 13.0. The van der Waals surface area contributed by atoms with Gasteiger partial charge >= 0.3 is 6.18 Å². The van der Waals surface area contributed by atoms with Crippen LogP contribution in [0, 0.1) is 20.2 Å². The first kappa shape index (κ1) is 18.9. The van der Waals surface area contributed by atoms with E-state index in [1.807, 2.05) is 0 Å². The first-order valence-electron chi connectivity index (χ1n) is 7.39. The van der Waals surface area contributed by atoms with Gasteiger partial charge in [0.25, 0.3) is 11.4 Å². The van der Waals surface area contributed by atoms with Crippen molar-refractivity contribution >= 4 is 23.3 Å². The number of rotatable bonds is 5. The number of benzene rings is 2. The third-order valence-corrected chi connectivity index (χ3v) is 3.63. The fourth-order valence-corrected chi connectivity index (χ4v) is 2.33. The van der Waals surface area contributed by atoms with E-state index in [-0.39, 0.29) is 35.2 Å². The van der Waals surface area contributed by atoms with Crippen molar-refractivity contribution < 1.29 is 32.5 Å². The maximum Gasteiger partial charge on any atom is 0.416 e. The lowest BCUT2D eigenvalue weighted by molar-refractivity contribution is -0.385. The zero-order valence-corrected chi connectivity index (χ0v) is 13.6. The van der Waals surface area contributed by atoms with Crippen LogP contribution in [-0.4, -0.2) is 22.9 Å². The number of hydrogen-bond acceptors (Lipinski definition) is 8. The monoisotopic (exact) mass is 398 g/mol. The zero-order valence-electron chi connectivity index (χ0n) is 13.6. The zero-order chi connectivity index (χ0) is 20.5. The van der Waals surface area contributed by atoms with Crippen molar-refractivity contribution in [2.24, 2.45) is 5.10 Å². The summed E-state index contributed by atoms with van der Waals surface area (Å²) in [5.41, 5.74) is -0.517. The van der Waals surface area contributed by atoms with E-state index in [1.165, 1.54) is 6.07 Å². The van der Waals surface area contributed by atoms with Crippen molar-refractivity contribution in [3.05, 3.63) is 61.7 Å². The fourth-order valence-electron chi connectivity index (χ4n) is 2.33. The Morgan fingerprint density at radius 1 is 1.04 bits per heavy atom. The molecule has 0 spiro atoms. The van der Waals surface area contributed by atoms with Crippen LogP contribution in [0.25, 0.3) is 0 Å². The SMILES string of the molecule is O=[N+]([O-])c1cc2c(cc1/C=N\Nc1ccc(C(F)(F)F)cc1[N+](=O)[O-])OCO2. The van der Waals surface area contributed by atoms with Crippen LogP contribution in [0.15, 0.2) is 35.4 Å². The van der Waals surface area contributed by atoms with Gasteiger partial charge in [0.05, 0.1) is 33.3 Å². The van der Waals surface area contributed by atoms with Gasteiger partial charge in [-0.15, -0.1) is 0 Å². The third kappa shape index (κ3) is 3.77. The van der Waals surface area contributed by atoms with Crippen LogP contribution in [0.1, 0.15) is 11.1 Å². The second-order valence-corrected chi connectivity index (χ2v) is 5.38. The van der Waals surface area contributed by atoms with Gasteiger partial charge in [-0.2, -0.15) is 18.3 Å². The summed E-state index contributed by atoms with van der Waals surface area (Å²) < 4.78 is 48.3. The minimum atomic E-state index is -4.75. The van der Waals surface area contributed by atoms with Crippen molar-refractivity contribution in [3.63, 3.8) is 0 Å². The molecule has 3 rings (SSSR count). The molecule has 0 fully saturated rings. The fraction of sp³-hybridized carbons (Fsp3) is 0.133. The number of fused-ring (bicyclic) bond motifs is 1. The van der Waals surface area contributed by atoms with Gasteiger partial charge in [-0.25, -0.2) is 0 Å². The van der Waals surface area contributed by atoms with Crippen LogP contribution in [0.3, 0.4) is 0 Å². The maximum atomic E-state index is 12.7. The standard InChI is InChI=1S/C15H9F3N4O6/c16-15(17,18)9-1-2-10(12(4-9)22(25)26)20-19-6-8-3-13-14(28-7-27-13)5-11(8)21(23)24/h1-6,20H,7H2/b19-6-. The Labute approximate surface area is 153 Å². The lowest BCUT2D eigenvalue weighted by Crippen LogP contribution is -2.06. The highest BCUT2D eigenvalue weighted by Crippen LogP contribution is 2.38. The number of alkyl halides is 3. The number of nitrogens with zero attached hydrogens (tertiary/aromatic N) is 3. The number of hydrogen-bond donors (Lipinski definition) is 1. The summed E-state index contributed by atoms with van der Waals surface area (Å²) in [5.74, 6) is 0.419. The Morgan fingerprint density at radius 3 is 2.29 bits per heavy atom. The predicted octanol–water partition coefficient (Wildman–Crippen LogP) is 3.70. The Hall–Kier alpha value is -3.90. The molecule has 28 heavy (non-hydrogen) atoms. The highest BCUT2D eigenvalue weighted by atomic mass is 19.4. The number of nitro benzene ring substituents is 2. The van der Waals surface area contributed by atoms with Gasteiger partial charge in [-0.1, -0.05) is 0 Å². The van der Waals surface area contributed by atoms with Crippen molar-refractivity contribution in [2.45, 2.75) is 6.18 Å². The molecule has 0 aliphatic carbocycles. The molecule has 0 aromatic heterocycles. The second-order valence-electron chi connectivity index (χ2n) is 5.38. The van der Waals surface area contributed by atoms with E-state index in [0.29, 0.717) is 12.1 Å². The lowest BCUT2D eigenvalue weighted by Gasteiger charge is -2.08. The predicted molar refractivity (Wildman–Crippen MR) is 88.5 cm³/mol. The maximum absolute atomic E-state index is 12.7. The number of nitro groups is 2. The van der Waals surface area contributed by atoms with E-state index in [9.17, 15) is 33.4 Å². The minimum absolute atomic E-state index is 0.00341. The molecule has 0 saturated heterocycles. The van der Waals surface area contributed by atoms with E-state index in [2.05, 4.69) is 10.5 Å². The van der Waals surface area contributed by atoms with E-state index in [1.54, 1.807) is 0 Å². The summed E-state index contributed by atoms with van der Waals surface area (Å²) in [5, 5.41) is 25.8. The minimum Gasteiger partial charge on any atom is -0.454 e. The molecule has 1 aliphatic rings. The molecule has 0 unspecified atom stereocenters. The van der Waals surface area contributed by atoms with Gasteiger partial charge in [-0.05, 0) is 18.2 Å². The van der Waals surface area contributed by atoms with Crippen LogP contribution in [0.2, 0.25) is 0 Å². The smallest absolute Gasteiger partial charge is 0.416 e. The van der Waals surface area contributed by atoms with Crippen LogP contribution in [0.5, 0.6) is 11.5 Å². The Morgan fingerprint density at radius 2 is 1.68 bits per heavy atom. The molecule has 0 saturated carbocycles. The number of anilines is 1. The second kappa shape index (κ2) is 7.02. The molecule has 146 valence electrons. The number of ether oxygens (including phenoxy) is 2. The molecule has 1 aliphatic heterocycles. The number of hydrazone groups is 1. The average Bonchev–Trinajstić information content (AvgIpc) is 3.07. The quantitative estimate of drug-likeness (QED) is 0.462. The average molecular weight is 398 g/mol. The summed E-state index contributed by atoms with van der Waals surface area (Å²) in [6.07, 6.45) is -3.76. The van der Waals surface area contributed by atoms with Crippen molar-refractivity contribution in [1.82, 2.24) is 0 Å². The molecule has 2 aromatic carbocycles. The molecule has 0 radical (unpaired) electrons. The molecular weight excluding hydrogens is 389 g/mol. The van der Waals surface area contributed by atoms with Crippen molar-refractivity contribution in [1.29, 1.82) is 0 Å². The highest BCUT2D eigenvalue weighted by molar-refractivity contribution is 5.87. The molecule has 10 nitrogen and oxygen atoms in total. The van der Waals surface area contributed by atoms with Gasteiger partial charge in [0, 0.05) is 6.07 Å². The number of nitrogens with one attached hydrogen (secondary N) is 1. The summed E-state index contributed by atoms with van der Waals surface area (Å²) in [7, 11) is 0. The van der Waals surface area contributed by atoms with Gasteiger partial charge in [-0.3, -0.25) is 25.7 Å². The Balaban J connectivity index is 1.89. The molecule has 0 atom stereocenters. The number of halogens is 3. The van der Waals surface area contributed by atoms with Gasteiger partial charge in [0.2, 0.25) is 6.79 Å². The third-order valence-electron chi connectivity index (χ3n) is 3.63. The van der Waals surface area contributed by atoms with Crippen molar-refractivity contribution in [2.75, 3.05) is 12.2 Å². The van der Waals surface area contributed by atoms with E-state index < -0.39 is 27.3 Å². The Bertz CT molecular complexity index is 992. The topological polar surface area (TPSA) is 129 Å². The summed E-state index contributed by atoms with van der Waals surface area (Å²) in [6, 6.07) is 4.26. The molecule has 1 N–H and O–H groups in total. The van der Waals surface area contributed by atoms with Crippen LogP contribution in [0.4, 0.5) is 30.2 Å². The summed E-state index contributed by atoms with van der Waals surface area (Å²) in [4.78, 5) is 20.5. The van der Waals surface area contributed by atoms with E-state index in [0.717, 1.165) is 18.3 Å². The van der Waals surface area contributed by atoms with Gasteiger partial charge < -0.3 is 9.47 Å². The van der Waals surface area contributed by atoms with E-state index in [4.69, 9.17) is 9.47 Å². The lowest BCUT2D eigenvalue weighted by atomic mass is 10.1. The van der Waals surface area contributed by atoms with Crippen LogP contribution in [-0.2, 0) is 6.18 Å². The van der Waals surface area contributed by atoms with E-state index >= 15 is 0 Å². The first-order valence-corrected chi connectivity index (χ1v) is 7.39. The molecule has 0 amide bonds. The molecule has 2 aromatic rings. The van der Waals surface area contributed by atoms with Gasteiger partial charge in [0.15, 0.2) is 11.5 Å². The first-order chi connectivity index (χ1) is 13.2. The molecule has 1 heterocycles. The largest absolute Gasteiger partial charge is 0.454 e. The molecule has 0 bridgehead atoms.